The van der Waals surface area contributed by atoms with Gasteiger partial charge in [0, 0.05) is 0 Å². The fourth-order valence-electron chi connectivity index (χ4n) is 2.48. The van der Waals surface area contributed by atoms with Gasteiger partial charge in [-0.2, -0.15) is 0 Å². The van der Waals surface area contributed by atoms with E-state index in [0.717, 1.165) is 0 Å². The Morgan fingerprint density at radius 3 is 1.87 bits per heavy atom. The van der Waals surface area contributed by atoms with Gasteiger partial charge in [0.25, 0.3) is 0 Å². The third-order valence-electron chi connectivity index (χ3n) is 3.53. The van der Waals surface area contributed by atoms with Crippen LogP contribution in [0.4, 0.5) is 0 Å². The average molecular weight is 211 g/mol. The van der Waals surface area contributed by atoms with E-state index >= 15 is 0 Å². The second-order valence-electron chi connectivity index (χ2n) is 5.02. The van der Waals surface area contributed by atoms with Gasteiger partial charge in [0.15, 0.2) is 0 Å². The van der Waals surface area contributed by atoms with Gasteiger partial charge in [-0.3, -0.25) is 0 Å². The lowest BCUT2D eigenvalue weighted by Gasteiger charge is -2.13. The summed E-state index contributed by atoms with van der Waals surface area (Å²) in [5.74, 6) is 0. The molecule has 0 amide bonds. The molecule has 15 heavy (non-hydrogen) atoms. The zero-order chi connectivity index (χ0) is 10.8. The van der Waals surface area contributed by atoms with Crippen molar-refractivity contribution < 1.29 is 0 Å². The Kier molecular flexibility index (Phi) is 7.99. The molecule has 1 aliphatic rings. The lowest BCUT2D eigenvalue weighted by Crippen LogP contribution is -2.20. The molecule has 0 bridgehead atoms. The predicted molar refractivity (Wildman–Crippen MR) is 68.3 cm³/mol. The first-order valence-corrected chi connectivity index (χ1v) is 7.16. The van der Waals surface area contributed by atoms with Crippen LogP contribution in [0.2, 0.25) is 0 Å². The van der Waals surface area contributed by atoms with E-state index in [1.54, 1.807) is 0 Å². The van der Waals surface area contributed by atoms with Crippen molar-refractivity contribution in [3.63, 3.8) is 0 Å². The molecule has 1 nitrogen and oxygen atoms in total. The monoisotopic (exact) mass is 211 g/mol. The number of nitrogens with zero attached hydrogens (tertiary/aromatic N) is 1. The van der Waals surface area contributed by atoms with Gasteiger partial charge in [-0.15, -0.1) is 0 Å². The van der Waals surface area contributed by atoms with Crippen molar-refractivity contribution in [2.45, 2.75) is 71.1 Å². The van der Waals surface area contributed by atoms with Gasteiger partial charge in [-0.05, 0) is 38.9 Å². The van der Waals surface area contributed by atoms with Gasteiger partial charge >= 0.3 is 0 Å². The fourth-order valence-corrected chi connectivity index (χ4v) is 2.48. The molecule has 1 fully saturated rings. The van der Waals surface area contributed by atoms with Crippen molar-refractivity contribution in [1.82, 2.24) is 4.90 Å². The minimum absolute atomic E-state index is 1.37. The molecule has 0 spiro atoms. The van der Waals surface area contributed by atoms with E-state index in [4.69, 9.17) is 0 Å². The Balaban J connectivity index is 1.73. The average Bonchev–Trinajstić information content (AvgIpc) is 2.75. The second-order valence-corrected chi connectivity index (χ2v) is 5.02. The van der Waals surface area contributed by atoms with Crippen LogP contribution in [-0.2, 0) is 0 Å². The van der Waals surface area contributed by atoms with Crippen molar-refractivity contribution in [3.8, 4) is 0 Å². The fraction of sp³-hybridized carbons (Fsp3) is 1.00. The molecule has 0 aromatic heterocycles. The van der Waals surface area contributed by atoms with Crippen LogP contribution < -0.4 is 0 Å². The molecule has 0 aliphatic carbocycles. The highest BCUT2D eigenvalue weighted by atomic mass is 15.1. The maximum Gasteiger partial charge on any atom is -0.00183 e. The number of likely N-dealkylation sites (tertiary alicyclic amines) is 1. The van der Waals surface area contributed by atoms with E-state index in [2.05, 4.69) is 11.8 Å². The van der Waals surface area contributed by atoms with Crippen LogP contribution in [0.3, 0.4) is 0 Å². The zero-order valence-corrected chi connectivity index (χ0v) is 10.6. The summed E-state index contributed by atoms with van der Waals surface area (Å²) in [7, 11) is 0. The minimum Gasteiger partial charge on any atom is -0.303 e. The summed E-state index contributed by atoms with van der Waals surface area (Å²) in [6.07, 6.45) is 14.5. The van der Waals surface area contributed by atoms with Gasteiger partial charge in [0.05, 0.1) is 0 Å². The first-order chi connectivity index (χ1) is 7.43. The molecule has 0 N–H and O–H groups in total. The molecule has 0 unspecified atom stereocenters. The van der Waals surface area contributed by atoms with Gasteiger partial charge in [0.1, 0.15) is 0 Å². The Labute approximate surface area is 96.2 Å². The predicted octanol–water partition coefficient (Wildman–Crippen LogP) is 4.22. The van der Waals surface area contributed by atoms with Gasteiger partial charge in [0.2, 0.25) is 0 Å². The quantitative estimate of drug-likeness (QED) is 0.516. The molecule has 1 saturated heterocycles. The van der Waals surface area contributed by atoms with E-state index < -0.39 is 0 Å². The Bertz CT molecular complexity index is 127. The van der Waals surface area contributed by atoms with E-state index in [-0.39, 0.29) is 0 Å². The second kappa shape index (κ2) is 9.21. The molecule has 0 atom stereocenters. The van der Waals surface area contributed by atoms with Crippen molar-refractivity contribution >= 4 is 0 Å². The molecule has 1 aliphatic heterocycles. The molecule has 0 aromatic rings. The summed E-state index contributed by atoms with van der Waals surface area (Å²) in [6, 6.07) is 0. The highest BCUT2D eigenvalue weighted by molar-refractivity contribution is 4.65. The highest BCUT2D eigenvalue weighted by Crippen LogP contribution is 2.11. The van der Waals surface area contributed by atoms with Crippen LogP contribution >= 0.6 is 0 Å². The summed E-state index contributed by atoms with van der Waals surface area (Å²) in [4.78, 5) is 2.64. The SMILES string of the molecule is CCCCCCCCCCN1CCCC1. The maximum absolute atomic E-state index is 2.64. The lowest BCUT2D eigenvalue weighted by molar-refractivity contribution is 0.327. The summed E-state index contributed by atoms with van der Waals surface area (Å²) in [6.45, 7) is 6.40. The van der Waals surface area contributed by atoms with Crippen LogP contribution in [0.15, 0.2) is 0 Å². The summed E-state index contributed by atoms with van der Waals surface area (Å²) in [5, 5.41) is 0. The van der Waals surface area contributed by atoms with Crippen LogP contribution in [0, 0.1) is 0 Å². The van der Waals surface area contributed by atoms with Crippen molar-refractivity contribution in [1.29, 1.82) is 0 Å². The molecule has 1 rings (SSSR count). The summed E-state index contributed by atoms with van der Waals surface area (Å²) >= 11 is 0. The smallest absolute Gasteiger partial charge is 0.00183 e. The largest absolute Gasteiger partial charge is 0.303 e. The molecule has 1 heteroatoms. The third kappa shape index (κ3) is 6.94. The standard InChI is InChI=1S/C14H29N/c1-2-3-4-5-6-7-8-9-12-15-13-10-11-14-15/h2-14H2,1H3. The van der Waals surface area contributed by atoms with Gasteiger partial charge in [-0.1, -0.05) is 51.9 Å². The Morgan fingerprint density at radius 1 is 0.733 bits per heavy atom. The van der Waals surface area contributed by atoms with Crippen molar-refractivity contribution in [2.24, 2.45) is 0 Å². The van der Waals surface area contributed by atoms with Crippen molar-refractivity contribution in [3.05, 3.63) is 0 Å². The van der Waals surface area contributed by atoms with E-state index in [1.165, 1.54) is 83.8 Å². The topological polar surface area (TPSA) is 3.24 Å². The summed E-state index contributed by atoms with van der Waals surface area (Å²) < 4.78 is 0. The van der Waals surface area contributed by atoms with Gasteiger partial charge < -0.3 is 4.90 Å². The molecular formula is C14H29N. The molecule has 0 aromatic carbocycles. The first kappa shape index (κ1) is 13.0. The zero-order valence-electron chi connectivity index (χ0n) is 10.6. The molecular weight excluding hydrogens is 182 g/mol. The van der Waals surface area contributed by atoms with E-state index in [1.807, 2.05) is 0 Å². The van der Waals surface area contributed by atoms with Crippen LogP contribution in [0.25, 0.3) is 0 Å². The lowest BCUT2D eigenvalue weighted by atomic mass is 10.1. The minimum atomic E-state index is 1.37. The van der Waals surface area contributed by atoms with Crippen LogP contribution in [0.5, 0.6) is 0 Å². The summed E-state index contributed by atoms with van der Waals surface area (Å²) in [5.41, 5.74) is 0. The van der Waals surface area contributed by atoms with Crippen LogP contribution in [0.1, 0.15) is 71.1 Å². The Hall–Kier alpha value is -0.0400. The normalized spacial score (nSPS) is 17.4. The third-order valence-corrected chi connectivity index (χ3v) is 3.53. The van der Waals surface area contributed by atoms with Gasteiger partial charge in [-0.25, -0.2) is 0 Å². The molecule has 0 saturated carbocycles. The number of rotatable bonds is 9. The van der Waals surface area contributed by atoms with E-state index in [0.29, 0.717) is 0 Å². The molecule has 0 radical (unpaired) electrons. The number of hydrogen-bond donors (Lipinski definition) is 0. The highest BCUT2D eigenvalue weighted by Gasteiger charge is 2.09. The number of hydrogen-bond acceptors (Lipinski definition) is 1. The van der Waals surface area contributed by atoms with Crippen LogP contribution in [-0.4, -0.2) is 24.5 Å². The molecule has 90 valence electrons. The Morgan fingerprint density at radius 2 is 1.27 bits per heavy atom. The molecule has 1 heterocycles. The first-order valence-electron chi connectivity index (χ1n) is 7.16. The number of unbranched alkanes of at least 4 members (excludes halogenated alkanes) is 7. The van der Waals surface area contributed by atoms with E-state index in [9.17, 15) is 0 Å². The van der Waals surface area contributed by atoms with Crippen molar-refractivity contribution in [2.75, 3.05) is 19.6 Å². The maximum atomic E-state index is 2.64.